The zero-order valence-electron chi connectivity index (χ0n) is 12.7. The summed E-state index contributed by atoms with van der Waals surface area (Å²) >= 11 is 1.20. The first kappa shape index (κ1) is 17.6. The highest BCUT2D eigenvalue weighted by Crippen LogP contribution is 2.22. The molecule has 1 amide bonds. The summed E-state index contributed by atoms with van der Waals surface area (Å²) in [6.45, 7) is 5.69. The standard InChI is InChI=1S/C16H23NO3S/c1-4-11(2)17-15(18)12(3)21-14(16(19)20)10-13-8-6-5-7-9-13/h5-9,11-12,14H,4,10H2,1-3H3,(H,17,18)(H,19,20). The topological polar surface area (TPSA) is 66.4 Å². The molecule has 116 valence electrons. The van der Waals surface area contributed by atoms with Crippen LogP contribution in [0.5, 0.6) is 0 Å². The van der Waals surface area contributed by atoms with Gasteiger partial charge >= 0.3 is 5.97 Å². The number of rotatable bonds is 8. The number of carboxylic acid groups (broad SMARTS) is 1. The van der Waals surface area contributed by atoms with Gasteiger partial charge in [-0.05, 0) is 32.3 Å². The summed E-state index contributed by atoms with van der Waals surface area (Å²) in [7, 11) is 0. The normalized spacial score (nSPS) is 15.0. The molecule has 0 aliphatic rings. The molecule has 0 aliphatic heterocycles. The lowest BCUT2D eigenvalue weighted by atomic mass is 10.1. The van der Waals surface area contributed by atoms with E-state index < -0.39 is 11.2 Å². The Kier molecular flexibility index (Phi) is 7.29. The van der Waals surface area contributed by atoms with E-state index in [1.807, 2.05) is 44.2 Å². The quantitative estimate of drug-likeness (QED) is 0.775. The van der Waals surface area contributed by atoms with Gasteiger partial charge in [0.05, 0.1) is 5.25 Å². The number of carbonyl (C=O) groups excluding carboxylic acids is 1. The van der Waals surface area contributed by atoms with Gasteiger partial charge in [0.15, 0.2) is 0 Å². The monoisotopic (exact) mass is 309 g/mol. The molecule has 0 aliphatic carbocycles. The van der Waals surface area contributed by atoms with Gasteiger partial charge in [-0.1, -0.05) is 37.3 Å². The molecule has 0 radical (unpaired) electrons. The third-order valence-corrected chi connectivity index (χ3v) is 4.60. The van der Waals surface area contributed by atoms with E-state index in [0.29, 0.717) is 6.42 Å². The molecule has 4 nitrogen and oxygen atoms in total. The Balaban J connectivity index is 2.62. The van der Waals surface area contributed by atoms with Gasteiger partial charge in [-0.3, -0.25) is 9.59 Å². The molecule has 0 saturated carbocycles. The van der Waals surface area contributed by atoms with Crippen LogP contribution in [-0.2, 0) is 16.0 Å². The Bertz CT molecular complexity index is 464. The molecule has 1 aromatic carbocycles. The highest BCUT2D eigenvalue weighted by atomic mass is 32.2. The fraction of sp³-hybridized carbons (Fsp3) is 0.500. The lowest BCUT2D eigenvalue weighted by Gasteiger charge is -2.19. The number of benzene rings is 1. The maximum absolute atomic E-state index is 12.0. The summed E-state index contributed by atoms with van der Waals surface area (Å²) in [4.78, 5) is 23.4. The third-order valence-electron chi connectivity index (χ3n) is 3.28. The zero-order valence-corrected chi connectivity index (χ0v) is 13.5. The Labute approximate surface area is 130 Å². The van der Waals surface area contributed by atoms with E-state index in [2.05, 4.69) is 5.32 Å². The molecular formula is C16H23NO3S. The summed E-state index contributed by atoms with van der Waals surface area (Å²) in [5, 5.41) is 11.2. The summed E-state index contributed by atoms with van der Waals surface area (Å²) in [5.41, 5.74) is 0.965. The van der Waals surface area contributed by atoms with Gasteiger partial charge in [-0.25, -0.2) is 0 Å². The van der Waals surface area contributed by atoms with E-state index in [0.717, 1.165) is 12.0 Å². The second-order valence-corrected chi connectivity index (χ2v) is 6.66. The van der Waals surface area contributed by atoms with Crippen LogP contribution in [0.15, 0.2) is 30.3 Å². The number of carboxylic acids is 1. The van der Waals surface area contributed by atoms with Crippen molar-refractivity contribution in [1.82, 2.24) is 5.32 Å². The van der Waals surface area contributed by atoms with Crippen LogP contribution in [0.1, 0.15) is 32.8 Å². The first-order valence-electron chi connectivity index (χ1n) is 7.16. The summed E-state index contributed by atoms with van der Waals surface area (Å²) in [6, 6.07) is 9.59. The SMILES string of the molecule is CCC(C)NC(=O)C(C)SC(Cc1ccccc1)C(=O)O. The highest BCUT2D eigenvalue weighted by molar-refractivity contribution is 8.01. The van der Waals surface area contributed by atoms with Crippen molar-refractivity contribution in [2.45, 2.75) is 50.2 Å². The number of amides is 1. The number of nitrogens with one attached hydrogen (secondary N) is 1. The molecule has 0 aromatic heterocycles. The second kappa shape index (κ2) is 8.72. The summed E-state index contributed by atoms with van der Waals surface area (Å²) in [6.07, 6.45) is 1.28. The molecule has 0 saturated heterocycles. The number of aliphatic carboxylic acids is 1. The number of hydrogen-bond donors (Lipinski definition) is 2. The summed E-state index contributed by atoms with van der Waals surface area (Å²) in [5.74, 6) is -0.985. The Hall–Kier alpha value is -1.49. The molecule has 0 bridgehead atoms. The molecule has 0 spiro atoms. The van der Waals surface area contributed by atoms with Crippen molar-refractivity contribution in [1.29, 1.82) is 0 Å². The lowest BCUT2D eigenvalue weighted by molar-refractivity contribution is -0.136. The van der Waals surface area contributed by atoms with Crippen molar-refractivity contribution >= 4 is 23.6 Å². The van der Waals surface area contributed by atoms with E-state index in [9.17, 15) is 14.7 Å². The second-order valence-electron chi connectivity index (χ2n) is 5.11. The predicted molar refractivity (Wildman–Crippen MR) is 86.5 cm³/mol. The Morgan fingerprint density at radius 1 is 1.24 bits per heavy atom. The summed E-state index contributed by atoms with van der Waals surface area (Å²) < 4.78 is 0. The largest absolute Gasteiger partial charge is 0.480 e. The molecule has 5 heteroatoms. The van der Waals surface area contributed by atoms with E-state index in [4.69, 9.17) is 0 Å². The smallest absolute Gasteiger partial charge is 0.316 e. The first-order chi connectivity index (χ1) is 9.93. The van der Waals surface area contributed by atoms with Crippen molar-refractivity contribution in [3.63, 3.8) is 0 Å². The maximum atomic E-state index is 12.0. The molecule has 0 fully saturated rings. The van der Waals surface area contributed by atoms with Crippen LogP contribution >= 0.6 is 11.8 Å². The Morgan fingerprint density at radius 2 is 1.86 bits per heavy atom. The number of thioether (sulfide) groups is 1. The molecule has 2 N–H and O–H groups in total. The van der Waals surface area contributed by atoms with Crippen molar-refractivity contribution in [2.75, 3.05) is 0 Å². The zero-order chi connectivity index (χ0) is 15.8. The average Bonchev–Trinajstić information content (AvgIpc) is 2.47. The molecule has 21 heavy (non-hydrogen) atoms. The van der Waals surface area contributed by atoms with E-state index in [1.54, 1.807) is 6.92 Å². The van der Waals surface area contributed by atoms with Crippen LogP contribution < -0.4 is 5.32 Å². The van der Waals surface area contributed by atoms with Crippen molar-refractivity contribution < 1.29 is 14.7 Å². The van der Waals surface area contributed by atoms with E-state index in [1.165, 1.54) is 11.8 Å². The first-order valence-corrected chi connectivity index (χ1v) is 8.10. The number of carbonyl (C=O) groups is 2. The van der Waals surface area contributed by atoms with Crippen molar-refractivity contribution in [2.24, 2.45) is 0 Å². The predicted octanol–water partition coefficient (Wildman–Crippen LogP) is 2.72. The van der Waals surface area contributed by atoms with Gasteiger partial charge in [0.25, 0.3) is 0 Å². The van der Waals surface area contributed by atoms with Gasteiger partial charge < -0.3 is 10.4 Å². The van der Waals surface area contributed by atoms with Crippen LogP contribution in [0.2, 0.25) is 0 Å². The average molecular weight is 309 g/mol. The number of hydrogen-bond acceptors (Lipinski definition) is 3. The minimum Gasteiger partial charge on any atom is -0.480 e. The minimum absolute atomic E-state index is 0.103. The molecule has 0 heterocycles. The van der Waals surface area contributed by atoms with Crippen LogP contribution in [0.25, 0.3) is 0 Å². The lowest BCUT2D eigenvalue weighted by Crippen LogP contribution is -2.38. The van der Waals surface area contributed by atoms with E-state index in [-0.39, 0.29) is 17.2 Å². The highest BCUT2D eigenvalue weighted by Gasteiger charge is 2.25. The van der Waals surface area contributed by atoms with Crippen LogP contribution in [0.3, 0.4) is 0 Å². The van der Waals surface area contributed by atoms with Gasteiger partial charge in [0, 0.05) is 6.04 Å². The van der Waals surface area contributed by atoms with Gasteiger partial charge in [-0.15, -0.1) is 11.8 Å². The molecule has 1 aromatic rings. The fourth-order valence-electron chi connectivity index (χ4n) is 1.79. The van der Waals surface area contributed by atoms with Crippen LogP contribution in [-0.4, -0.2) is 33.5 Å². The van der Waals surface area contributed by atoms with Gasteiger partial charge in [0.1, 0.15) is 5.25 Å². The molecule has 3 unspecified atom stereocenters. The van der Waals surface area contributed by atoms with Crippen LogP contribution in [0.4, 0.5) is 0 Å². The molecule has 1 rings (SSSR count). The minimum atomic E-state index is -0.882. The van der Waals surface area contributed by atoms with Crippen LogP contribution in [0, 0.1) is 0 Å². The van der Waals surface area contributed by atoms with Gasteiger partial charge in [-0.2, -0.15) is 0 Å². The maximum Gasteiger partial charge on any atom is 0.316 e. The Morgan fingerprint density at radius 3 is 2.38 bits per heavy atom. The van der Waals surface area contributed by atoms with Crippen molar-refractivity contribution in [3.05, 3.63) is 35.9 Å². The van der Waals surface area contributed by atoms with Crippen molar-refractivity contribution in [3.8, 4) is 0 Å². The fourth-order valence-corrected chi connectivity index (χ4v) is 2.88. The van der Waals surface area contributed by atoms with Gasteiger partial charge in [0.2, 0.25) is 5.91 Å². The van der Waals surface area contributed by atoms with E-state index >= 15 is 0 Å². The third kappa shape index (κ3) is 6.21. The molecule has 3 atom stereocenters. The molecular weight excluding hydrogens is 286 g/mol.